The smallest absolute Gasteiger partial charge is 0.261 e. The summed E-state index contributed by atoms with van der Waals surface area (Å²) >= 11 is 0. The van der Waals surface area contributed by atoms with Gasteiger partial charge in [-0.25, -0.2) is 0 Å². The van der Waals surface area contributed by atoms with Gasteiger partial charge in [-0.3, -0.25) is 4.79 Å². The molecule has 0 saturated carbocycles. The van der Waals surface area contributed by atoms with Gasteiger partial charge >= 0.3 is 0 Å². The van der Waals surface area contributed by atoms with Gasteiger partial charge in [-0.2, -0.15) is 0 Å². The summed E-state index contributed by atoms with van der Waals surface area (Å²) in [5.74, 6) is 1.86. The topological polar surface area (TPSA) is 56.8 Å². The maximum Gasteiger partial charge on any atom is 0.261 e. The van der Waals surface area contributed by atoms with Gasteiger partial charge < -0.3 is 19.5 Å². The van der Waals surface area contributed by atoms with Crippen molar-refractivity contribution in [3.8, 4) is 17.2 Å². The summed E-state index contributed by atoms with van der Waals surface area (Å²) in [4.78, 5) is 12.9. The predicted molar refractivity (Wildman–Crippen MR) is 104 cm³/mol. The molecule has 0 radical (unpaired) electrons. The van der Waals surface area contributed by atoms with Gasteiger partial charge in [0.1, 0.15) is 11.4 Å². The standard InChI is InChI=1S/C22H27NO4/c1-5-17(26-20-13-9-8-12-19(20)25-4)21(24)23-16-14-22(2,3)27-18-11-7-6-10-15(16)18/h6-13,16-17H,5,14H2,1-4H3,(H,23,24)/t16-,17-/m1/s1. The lowest BCUT2D eigenvalue weighted by atomic mass is 9.89. The minimum Gasteiger partial charge on any atom is -0.493 e. The molecule has 2 atom stereocenters. The van der Waals surface area contributed by atoms with Gasteiger partial charge in [-0.1, -0.05) is 37.3 Å². The highest BCUT2D eigenvalue weighted by Gasteiger charge is 2.35. The third-order valence-corrected chi connectivity index (χ3v) is 4.69. The summed E-state index contributed by atoms with van der Waals surface area (Å²) in [6.45, 7) is 6.00. The van der Waals surface area contributed by atoms with Crippen LogP contribution in [0.3, 0.4) is 0 Å². The summed E-state index contributed by atoms with van der Waals surface area (Å²) in [5, 5.41) is 3.15. The van der Waals surface area contributed by atoms with Gasteiger partial charge in [0.05, 0.1) is 13.2 Å². The van der Waals surface area contributed by atoms with Crippen LogP contribution in [-0.4, -0.2) is 24.7 Å². The van der Waals surface area contributed by atoms with Crippen LogP contribution in [0.15, 0.2) is 48.5 Å². The maximum atomic E-state index is 12.9. The number of carbonyl (C=O) groups is 1. The second-order valence-corrected chi connectivity index (χ2v) is 7.33. The summed E-state index contributed by atoms with van der Waals surface area (Å²) in [5.41, 5.74) is 0.648. The van der Waals surface area contributed by atoms with Gasteiger partial charge in [-0.15, -0.1) is 0 Å². The van der Waals surface area contributed by atoms with Crippen LogP contribution in [0.5, 0.6) is 17.2 Å². The summed E-state index contributed by atoms with van der Waals surface area (Å²) in [6, 6.07) is 15.1. The number of ether oxygens (including phenoxy) is 3. The zero-order valence-electron chi connectivity index (χ0n) is 16.3. The Kier molecular flexibility index (Phi) is 5.59. The van der Waals surface area contributed by atoms with Crippen LogP contribution in [0, 0.1) is 0 Å². The highest BCUT2D eigenvalue weighted by Crippen LogP contribution is 2.39. The van der Waals surface area contributed by atoms with Crippen LogP contribution in [0.25, 0.3) is 0 Å². The zero-order valence-corrected chi connectivity index (χ0v) is 16.3. The quantitative estimate of drug-likeness (QED) is 0.826. The average Bonchev–Trinajstić information content (AvgIpc) is 2.65. The summed E-state index contributed by atoms with van der Waals surface area (Å²) in [6.07, 6.45) is 0.651. The maximum absolute atomic E-state index is 12.9. The Balaban J connectivity index is 1.77. The molecule has 3 rings (SSSR count). The number of hydrogen-bond donors (Lipinski definition) is 1. The van der Waals surface area contributed by atoms with Crippen LogP contribution in [0.1, 0.15) is 45.2 Å². The molecule has 1 N–H and O–H groups in total. The Hall–Kier alpha value is -2.69. The van der Waals surface area contributed by atoms with Crippen molar-refractivity contribution in [3.05, 3.63) is 54.1 Å². The van der Waals surface area contributed by atoms with Crippen molar-refractivity contribution in [1.82, 2.24) is 5.32 Å². The number of carbonyl (C=O) groups excluding carboxylic acids is 1. The predicted octanol–water partition coefficient (Wildman–Crippen LogP) is 4.27. The molecule has 2 aromatic carbocycles. The molecular formula is C22H27NO4. The first-order chi connectivity index (χ1) is 12.9. The molecule has 0 bridgehead atoms. The number of hydrogen-bond acceptors (Lipinski definition) is 4. The molecule has 0 aromatic heterocycles. The van der Waals surface area contributed by atoms with Crippen LogP contribution in [0.4, 0.5) is 0 Å². The molecule has 27 heavy (non-hydrogen) atoms. The second-order valence-electron chi connectivity index (χ2n) is 7.33. The monoisotopic (exact) mass is 369 g/mol. The fourth-order valence-electron chi connectivity index (χ4n) is 3.39. The number of fused-ring (bicyclic) bond motifs is 1. The van der Waals surface area contributed by atoms with Crippen LogP contribution in [0.2, 0.25) is 0 Å². The van der Waals surface area contributed by atoms with E-state index in [4.69, 9.17) is 14.2 Å². The van der Waals surface area contributed by atoms with Crippen molar-refractivity contribution in [2.75, 3.05) is 7.11 Å². The van der Waals surface area contributed by atoms with E-state index >= 15 is 0 Å². The molecule has 5 nitrogen and oxygen atoms in total. The Labute approximate surface area is 160 Å². The van der Waals surface area contributed by atoms with Crippen molar-refractivity contribution < 1.29 is 19.0 Å². The van der Waals surface area contributed by atoms with Crippen LogP contribution < -0.4 is 19.5 Å². The van der Waals surface area contributed by atoms with Crippen molar-refractivity contribution in [2.24, 2.45) is 0 Å². The lowest BCUT2D eigenvalue weighted by Crippen LogP contribution is -2.45. The van der Waals surface area contributed by atoms with E-state index in [1.54, 1.807) is 7.11 Å². The van der Waals surface area contributed by atoms with Gasteiger partial charge in [0, 0.05) is 12.0 Å². The number of rotatable bonds is 6. The third kappa shape index (κ3) is 4.35. The van der Waals surface area contributed by atoms with Crippen LogP contribution in [-0.2, 0) is 4.79 Å². The molecule has 1 aliphatic rings. The molecule has 0 saturated heterocycles. The molecule has 1 heterocycles. The van der Waals surface area contributed by atoms with E-state index in [1.165, 1.54) is 0 Å². The Morgan fingerprint density at radius 1 is 1.19 bits per heavy atom. The first-order valence-corrected chi connectivity index (χ1v) is 9.31. The fourth-order valence-corrected chi connectivity index (χ4v) is 3.39. The lowest BCUT2D eigenvalue weighted by Gasteiger charge is -2.38. The molecule has 144 valence electrons. The van der Waals surface area contributed by atoms with Gasteiger partial charge in [0.2, 0.25) is 0 Å². The molecule has 1 amide bonds. The number of para-hydroxylation sites is 3. The SMILES string of the molecule is CC[C@@H](Oc1ccccc1OC)C(=O)N[C@@H]1CC(C)(C)Oc2ccccc21. The Bertz CT molecular complexity index is 802. The Morgan fingerprint density at radius 3 is 2.56 bits per heavy atom. The van der Waals surface area contributed by atoms with Gasteiger partial charge in [0.15, 0.2) is 17.6 Å². The second kappa shape index (κ2) is 7.91. The van der Waals surface area contributed by atoms with Crippen molar-refractivity contribution >= 4 is 5.91 Å². The highest BCUT2D eigenvalue weighted by atomic mass is 16.5. The first-order valence-electron chi connectivity index (χ1n) is 9.31. The fraction of sp³-hybridized carbons (Fsp3) is 0.409. The number of methoxy groups -OCH3 is 1. The third-order valence-electron chi connectivity index (χ3n) is 4.69. The molecule has 2 aromatic rings. The number of nitrogens with one attached hydrogen (secondary N) is 1. The van der Waals surface area contributed by atoms with E-state index in [2.05, 4.69) is 5.32 Å². The molecule has 0 unspecified atom stereocenters. The highest BCUT2D eigenvalue weighted by molar-refractivity contribution is 5.81. The van der Waals surface area contributed by atoms with E-state index in [1.807, 2.05) is 69.3 Å². The molecular weight excluding hydrogens is 342 g/mol. The van der Waals surface area contributed by atoms with E-state index in [0.717, 1.165) is 11.3 Å². The molecule has 1 aliphatic heterocycles. The molecule has 0 spiro atoms. The minimum atomic E-state index is -0.598. The van der Waals surface area contributed by atoms with Crippen LogP contribution >= 0.6 is 0 Å². The molecule has 5 heteroatoms. The molecule has 0 aliphatic carbocycles. The number of benzene rings is 2. The summed E-state index contributed by atoms with van der Waals surface area (Å²) in [7, 11) is 1.59. The van der Waals surface area contributed by atoms with Gasteiger partial charge in [0.25, 0.3) is 5.91 Å². The zero-order chi connectivity index (χ0) is 19.4. The van der Waals surface area contributed by atoms with E-state index in [0.29, 0.717) is 24.3 Å². The van der Waals surface area contributed by atoms with E-state index < -0.39 is 6.10 Å². The van der Waals surface area contributed by atoms with E-state index in [9.17, 15) is 4.79 Å². The van der Waals surface area contributed by atoms with Crippen molar-refractivity contribution in [3.63, 3.8) is 0 Å². The summed E-state index contributed by atoms with van der Waals surface area (Å²) < 4.78 is 17.3. The van der Waals surface area contributed by atoms with Crippen molar-refractivity contribution in [2.45, 2.75) is 51.4 Å². The van der Waals surface area contributed by atoms with Crippen molar-refractivity contribution in [1.29, 1.82) is 0 Å². The average molecular weight is 369 g/mol. The lowest BCUT2D eigenvalue weighted by molar-refractivity contribution is -0.129. The van der Waals surface area contributed by atoms with E-state index in [-0.39, 0.29) is 17.6 Å². The van der Waals surface area contributed by atoms with Gasteiger partial charge in [-0.05, 0) is 38.5 Å². The normalized spacial score (nSPS) is 18.6. The Morgan fingerprint density at radius 2 is 1.85 bits per heavy atom. The molecule has 0 fully saturated rings. The minimum absolute atomic E-state index is 0.118. The largest absolute Gasteiger partial charge is 0.493 e. The number of amides is 1. The first kappa shape index (κ1) is 19.1.